The zero-order valence-electron chi connectivity index (χ0n) is 14.5. The molecule has 1 amide bonds. The summed E-state index contributed by atoms with van der Waals surface area (Å²) < 4.78 is 0. The molecule has 5 heteroatoms. The third-order valence-corrected chi connectivity index (χ3v) is 5.34. The summed E-state index contributed by atoms with van der Waals surface area (Å²) in [6.07, 6.45) is 12.6. The van der Waals surface area contributed by atoms with E-state index in [2.05, 4.69) is 15.2 Å². The van der Waals surface area contributed by atoms with Gasteiger partial charge in [-0.25, -0.2) is 4.98 Å². The van der Waals surface area contributed by atoms with Crippen molar-refractivity contribution in [2.75, 3.05) is 23.3 Å². The van der Waals surface area contributed by atoms with Crippen LogP contribution in [-0.2, 0) is 4.79 Å². The molecule has 1 aliphatic carbocycles. The number of piperidine rings is 1. The highest BCUT2D eigenvalue weighted by Crippen LogP contribution is 2.27. The van der Waals surface area contributed by atoms with E-state index in [4.69, 9.17) is 5.73 Å². The van der Waals surface area contributed by atoms with E-state index in [1.54, 1.807) is 6.20 Å². The highest BCUT2D eigenvalue weighted by Gasteiger charge is 2.21. The maximum Gasteiger partial charge on any atom is 0.241 e. The van der Waals surface area contributed by atoms with Gasteiger partial charge in [0.2, 0.25) is 5.91 Å². The molecule has 1 aliphatic heterocycles. The van der Waals surface area contributed by atoms with E-state index in [0.717, 1.165) is 31.0 Å². The van der Waals surface area contributed by atoms with Crippen molar-refractivity contribution in [2.24, 2.45) is 11.7 Å². The van der Waals surface area contributed by atoms with Crippen LogP contribution in [0.1, 0.15) is 57.8 Å². The van der Waals surface area contributed by atoms with Crippen LogP contribution in [0.25, 0.3) is 0 Å². The molecule has 2 aliphatic rings. The lowest BCUT2D eigenvalue weighted by Gasteiger charge is -2.27. The molecule has 0 spiro atoms. The summed E-state index contributed by atoms with van der Waals surface area (Å²) in [7, 11) is 0. The molecule has 0 aromatic carbocycles. The fourth-order valence-corrected chi connectivity index (χ4v) is 3.89. The van der Waals surface area contributed by atoms with Gasteiger partial charge in [-0.2, -0.15) is 0 Å². The number of rotatable bonds is 5. The minimum absolute atomic E-state index is 0.0897. The topological polar surface area (TPSA) is 71.2 Å². The summed E-state index contributed by atoms with van der Waals surface area (Å²) in [5.41, 5.74) is 6.84. The van der Waals surface area contributed by atoms with Crippen LogP contribution in [0.4, 0.5) is 11.5 Å². The van der Waals surface area contributed by atoms with Gasteiger partial charge in [-0.3, -0.25) is 4.79 Å². The van der Waals surface area contributed by atoms with Crippen LogP contribution in [0, 0.1) is 5.92 Å². The van der Waals surface area contributed by atoms with E-state index < -0.39 is 6.04 Å². The molecule has 5 nitrogen and oxygen atoms in total. The Morgan fingerprint density at radius 2 is 1.88 bits per heavy atom. The molecule has 0 bridgehead atoms. The van der Waals surface area contributed by atoms with Gasteiger partial charge < -0.3 is 16.0 Å². The van der Waals surface area contributed by atoms with E-state index in [9.17, 15) is 4.79 Å². The summed E-state index contributed by atoms with van der Waals surface area (Å²) in [6, 6.07) is 3.50. The van der Waals surface area contributed by atoms with Crippen molar-refractivity contribution < 1.29 is 4.79 Å². The van der Waals surface area contributed by atoms with Crippen LogP contribution in [0.5, 0.6) is 0 Å². The Kier molecular flexibility index (Phi) is 6.07. The average molecular weight is 330 g/mol. The fourth-order valence-electron chi connectivity index (χ4n) is 3.89. The van der Waals surface area contributed by atoms with Crippen LogP contribution >= 0.6 is 0 Å². The quantitative estimate of drug-likeness (QED) is 0.869. The Morgan fingerprint density at radius 1 is 1.17 bits per heavy atom. The first-order valence-corrected chi connectivity index (χ1v) is 9.50. The molecule has 1 aromatic heterocycles. The molecule has 3 rings (SSSR count). The number of hydrogen-bond acceptors (Lipinski definition) is 4. The predicted molar refractivity (Wildman–Crippen MR) is 98.1 cm³/mol. The molecule has 1 saturated heterocycles. The number of nitrogens with zero attached hydrogens (tertiary/aromatic N) is 2. The van der Waals surface area contributed by atoms with Crippen molar-refractivity contribution in [1.29, 1.82) is 0 Å². The van der Waals surface area contributed by atoms with Gasteiger partial charge >= 0.3 is 0 Å². The van der Waals surface area contributed by atoms with Crippen molar-refractivity contribution in [3.63, 3.8) is 0 Å². The number of amides is 1. The Labute approximate surface area is 145 Å². The van der Waals surface area contributed by atoms with Crippen molar-refractivity contribution in [3.05, 3.63) is 18.3 Å². The lowest BCUT2D eigenvalue weighted by atomic mass is 9.85. The fraction of sp³-hybridized carbons (Fsp3) is 0.684. The molecule has 24 heavy (non-hydrogen) atoms. The number of anilines is 2. The normalized spacial score (nSPS) is 20.6. The van der Waals surface area contributed by atoms with Gasteiger partial charge in [-0.05, 0) is 43.7 Å². The zero-order chi connectivity index (χ0) is 16.8. The number of hydrogen-bond donors (Lipinski definition) is 2. The highest BCUT2D eigenvalue weighted by atomic mass is 16.2. The molecule has 132 valence electrons. The lowest BCUT2D eigenvalue weighted by molar-refractivity contribution is -0.117. The average Bonchev–Trinajstić information content (AvgIpc) is 2.64. The smallest absolute Gasteiger partial charge is 0.241 e. The Bertz CT molecular complexity index is 519. The Balaban J connectivity index is 1.50. The molecule has 3 N–H and O–H groups in total. The molecule has 1 saturated carbocycles. The van der Waals surface area contributed by atoms with E-state index in [-0.39, 0.29) is 5.91 Å². The Morgan fingerprint density at radius 3 is 2.54 bits per heavy atom. The SMILES string of the molecule is NC(CC1CCCCC1)C(=O)Nc1ccc(N2CCCCC2)nc1. The van der Waals surface area contributed by atoms with Crippen molar-refractivity contribution in [2.45, 2.75) is 63.8 Å². The maximum atomic E-state index is 12.3. The third kappa shape index (κ3) is 4.69. The van der Waals surface area contributed by atoms with E-state index >= 15 is 0 Å². The summed E-state index contributed by atoms with van der Waals surface area (Å²) in [4.78, 5) is 19.1. The minimum atomic E-state index is -0.421. The molecule has 1 atom stereocenters. The number of nitrogens with one attached hydrogen (secondary N) is 1. The van der Waals surface area contributed by atoms with Gasteiger partial charge in [0.25, 0.3) is 0 Å². The van der Waals surface area contributed by atoms with Crippen molar-refractivity contribution in [3.8, 4) is 0 Å². The second kappa shape index (κ2) is 8.47. The van der Waals surface area contributed by atoms with Gasteiger partial charge in [0.05, 0.1) is 17.9 Å². The first-order valence-electron chi connectivity index (χ1n) is 9.50. The monoisotopic (exact) mass is 330 g/mol. The molecule has 1 unspecified atom stereocenters. The largest absolute Gasteiger partial charge is 0.357 e. The van der Waals surface area contributed by atoms with E-state index in [0.29, 0.717) is 5.92 Å². The number of pyridine rings is 1. The third-order valence-electron chi connectivity index (χ3n) is 5.34. The van der Waals surface area contributed by atoms with E-state index in [1.807, 2.05) is 12.1 Å². The molecule has 1 aromatic rings. The van der Waals surface area contributed by atoms with Gasteiger partial charge in [0, 0.05) is 13.1 Å². The van der Waals surface area contributed by atoms with Crippen LogP contribution in [0.3, 0.4) is 0 Å². The second-order valence-electron chi connectivity index (χ2n) is 7.29. The molecule has 0 radical (unpaired) electrons. The molecule has 2 heterocycles. The number of carbonyl (C=O) groups is 1. The lowest BCUT2D eigenvalue weighted by Crippen LogP contribution is -2.37. The summed E-state index contributed by atoms with van der Waals surface area (Å²) in [6.45, 7) is 2.15. The van der Waals surface area contributed by atoms with Gasteiger partial charge in [0.15, 0.2) is 0 Å². The maximum absolute atomic E-state index is 12.3. The summed E-state index contributed by atoms with van der Waals surface area (Å²) in [5.74, 6) is 1.52. The van der Waals surface area contributed by atoms with Crippen molar-refractivity contribution >= 4 is 17.4 Å². The first-order chi connectivity index (χ1) is 11.7. The summed E-state index contributed by atoms with van der Waals surface area (Å²) in [5, 5.41) is 2.92. The van der Waals surface area contributed by atoms with Crippen molar-refractivity contribution in [1.82, 2.24) is 4.98 Å². The second-order valence-corrected chi connectivity index (χ2v) is 7.29. The first kappa shape index (κ1) is 17.2. The number of aromatic nitrogens is 1. The predicted octanol–water partition coefficient (Wildman–Crippen LogP) is 3.31. The number of nitrogens with two attached hydrogens (primary N) is 1. The zero-order valence-corrected chi connectivity index (χ0v) is 14.5. The highest BCUT2D eigenvalue weighted by molar-refractivity contribution is 5.94. The van der Waals surface area contributed by atoms with Crippen LogP contribution in [-0.4, -0.2) is 30.0 Å². The molecular formula is C19H30N4O. The summed E-state index contributed by atoms with van der Waals surface area (Å²) >= 11 is 0. The van der Waals surface area contributed by atoms with Crippen LogP contribution < -0.4 is 16.0 Å². The van der Waals surface area contributed by atoms with Gasteiger partial charge in [0.1, 0.15) is 5.82 Å². The van der Waals surface area contributed by atoms with Gasteiger partial charge in [-0.15, -0.1) is 0 Å². The van der Waals surface area contributed by atoms with E-state index in [1.165, 1.54) is 51.4 Å². The Hall–Kier alpha value is -1.62. The minimum Gasteiger partial charge on any atom is -0.357 e. The van der Waals surface area contributed by atoms with Crippen LogP contribution in [0.15, 0.2) is 18.3 Å². The van der Waals surface area contributed by atoms with Gasteiger partial charge in [-0.1, -0.05) is 32.1 Å². The number of carbonyl (C=O) groups excluding carboxylic acids is 1. The molecular weight excluding hydrogens is 300 g/mol. The molecule has 2 fully saturated rings. The standard InChI is InChI=1S/C19H30N4O/c20-17(13-15-7-3-1-4-8-15)19(24)22-16-9-10-18(21-14-16)23-11-5-2-6-12-23/h9-10,14-15,17H,1-8,11-13,20H2,(H,22,24). The van der Waals surface area contributed by atoms with Crippen LogP contribution in [0.2, 0.25) is 0 Å².